The fraction of sp³-hybridized carbons (Fsp3) is 0.263. The van der Waals surface area contributed by atoms with Crippen molar-refractivity contribution in [3.63, 3.8) is 0 Å². The number of nitrogens with zero attached hydrogens (tertiary/aromatic N) is 3. The summed E-state index contributed by atoms with van der Waals surface area (Å²) in [5, 5.41) is 8.98. The van der Waals surface area contributed by atoms with Crippen molar-refractivity contribution >= 4 is 11.8 Å². The van der Waals surface area contributed by atoms with Crippen molar-refractivity contribution in [1.29, 1.82) is 0 Å². The van der Waals surface area contributed by atoms with E-state index in [-0.39, 0.29) is 12.4 Å². The minimum atomic E-state index is -0.350. The van der Waals surface area contributed by atoms with E-state index in [0.717, 1.165) is 5.75 Å². The third-order valence-corrected chi connectivity index (χ3v) is 4.63. The number of ether oxygens (including phenoxy) is 3. The van der Waals surface area contributed by atoms with Crippen molar-refractivity contribution in [2.75, 3.05) is 26.6 Å². The largest absolute Gasteiger partial charge is 0.497 e. The van der Waals surface area contributed by atoms with Crippen molar-refractivity contribution in [3.8, 4) is 17.2 Å². The lowest BCUT2D eigenvalue weighted by Gasteiger charge is -2.12. The molecular formula is C19H20FN3O3S. The van der Waals surface area contributed by atoms with Gasteiger partial charge in [0, 0.05) is 12.9 Å². The first-order chi connectivity index (χ1) is 13.2. The Bertz CT molecular complexity index is 871. The Morgan fingerprint density at radius 1 is 1.00 bits per heavy atom. The van der Waals surface area contributed by atoms with Crippen LogP contribution in [0.3, 0.4) is 0 Å². The molecule has 142 valence electrons. The average Bonchev–Trinajstić information content (AvgIpc) is 3.10. The zero-order valence-electron chi connectivity index (χ0n) is 15.1. The van der Waals surface area contributed by atoms with Crippen molar-refractivity contribution in [1.82, 2.24) is 14.8 Å². The molecule has 0 saturated carbocycles. The number of thioether (sulfide) groups is 1. The highest BCUT2D eigenvalue weighted by atomic mass is 32.2. The van der Waals surface area contributed by atoms with Crippen LogP contribution in [0.1, 0.15) is 5.82 Å². The summed E-state index contributed by atoms with van der Waals surface area (Å²) in [7, 11) is 3.24. The molecule has 0 spiro atoms. The van der Waals surface area contributed by atoms with Gasteiger partial charge < -0.3 is 14.2 Å². The number of hydrogen-bond acceptors (Lipinski definition) is 6. The summed E-state index contributed by atoms with van der Waals surface area (Å²) < 4.78 is 32.1. The molecule has 3 rings (SSSR count). The summed E-state index contributed by atoms with van der Waals surface area (Å²) in [5.41, 5.74) is 0.385. The molecular weight excluding hydrogens is 369 g/mol. The Morgan fingerprint density at radius 2 is 1.74 bits per heavy atom. The third kappa shape index (κ3) is 4.78. The number of rotatable bonds is 9. The van der Waals surface area contributed by atoms with Gasteiger partial charge in [0.15, 0.2) is 11.0 Å². The Labute approximate surface area is 161 Å². The maximum absolute atomic E-state index is 14.4. The quantitative estimate of drug-likeness (QED) is 0.411. The molecule has 0 fully saturated rings. The molecule has 0 amide bonds. The van der Waals surface area contributed by atoms with Gasteiger partial charge >= 0.3 is 0 Å². The van der Waals surface area contributed by atoms with E-state index in [9.17, 15) is 4.39 Å². The maximum Gasteiger partial charge on any atom is 0.196 e. The van der Waals surface area contributed by atoms with E-state index in [2.05, 4.69) is 10.2 Å². The molecule has 0 aliphatic heterocycles. The van der Waals surface area contributed by atoms with E-state index in [1.165, 1.54) is 17.8 Å². The van der Waals surface area contributed by atoms with Gasteiger partial charge in [-0.15, -0.1) is 10.2 Å². The summed E-state index contributed by atoms with van der Waals surface area (Å²) in [6, 6.07) is 13.7. The molecule has 0 aliphatic carbocycles. The molecule has 27 heavy (non-hydrogen) atoms. The number of hydrogen-bond donors (Lipinski definition) is 0. The van der Waals surface area contributed by atoms with Gasteiger partial charge in [0.25, 0.3) is 0 Å². The SMILES string of the molecule is COCCSc1nnc(COc2ccc(OC)cc2)n1-c1ccccc1F. The summed E-state index contributed by atoms with van der Waals surface area (Å²) in [4.78, 5) is 0. The highest BCUT2D eigenvalue weighted by molar-refractivity contribution is 7.99. The van der Waals surface area contributed by atoms with Gasteiger partial charge in [-0.1, -0.05) is 23.9 Å². The Kier molecular flexibility index (Phi) is 6.67. The monoisotopic (exact) mass is 389 g/mol. The van der Waals surface area contributed by atoms with Crippen LogP contribution in [0, 0.1) is 5.82 Å². The predicted octanol–water partition coefficient (Wildman–Crippen LogP) is 3.73. The van der Waals surface area contributed by atoms with Crippen molar-refractivity contribution in [2.24, 2.45) is 0 Å². The highest BCUT2D eigenvalue weighted by Gasteiger charge is 2.17. The molecule has 0 atom stereocenters. The molecule has 1 aromatic heterocycles. The zero-order chi connectivity index (χ0) is 19.1. The second kappa shape index (κ2) is 9.38. The van der Waals surface area contributed by atoms with Gasteiger partial charge in [-0.3, -0.25) is 4.57 Å². The van der Waals surface area contributed by atoms with E-state index < -0.39 is 0 Å². The number of methoxy groups -OCH3 is 2. The minimum Gasteiger partial charge on any atom is -0.497 e. The Morgan fingerprint density at radius 3 is 2.44 bits per heavy atom. The van der Waals surface area contributed by atoms with E-state index in [0.29, 0.717) is 34.8 Å². The summed E-state index contributed by atoms with van der Waals surface area (Å²) in [6.45, 7) is 0.713. The van der Waals surface area contributed by atoms with Gasteiger partial charge in [-0.2, -0.15) is 0 Å². The fourth-order valence-electron chi connectivity index (χ4n) is 2.40. The standard InChI is InChI=1S/C19H20FN3O3S/c1-24-11-12-27-19-22-21-18(23(19)17-6-4-3-5-16(17)20)13-26-15-9-7-14(25-2)8-10-15/h3-10H,11-13H2,1-2H3. The summed E-state index contributed by atoms with van der Waals surface area (Å²) in [6.07, 6.45) is 0. The van der Waals surface area contributed by atoms with Crippen LogP contribution in [0.15, 0.2) is 53.7 Å². The summed E-state index contributed by atoms with van der Waals surface area (Å²) in [5.74, 6) is 2.25. The molecule has 8 heteroatoms. The molecule has 6 nitrogen and oxygen atoms in total. The van der Waals surface area contributed by atoms with Crippen LogP contribution in [-0.2, 0) is 11.3 Å². The van der Waals surface area contributed by atoms with Gasteiger partial charge in [0.1, 0.15) is 23.9 Å². The van der Waals surface area contributed by atoms with Gasteiger partial charge in [-0.25, -0.2) is 4.39 Å². The summed E-state index contributed by atoms with van der Waals surface area (Å²) >= 11 is 1.45. The van der Waals surface area contributed by atoms with Gasteiger partial charge in [0.05, 0.1) is 19.4 Å². The first-order valence-electron chi connectivity index (χ1n) is 8.30. The first kappa shape index (κ1) is 19.2. The average molecular weight is 389 g/mol. The lowest BCUT2D eigenvalue weighted by atomic mass is 10.3. The highest BCUT2D eigenvalue weighted by Crippen LogP contribution is 2.25. The second-order valence-electron chi connectivity index (χ2n) is 5.49. The lowest BCUT2D eigenvalue weighted by Crippen LogP contribution is -2.08. The number of aromatic nitrogens is 3. The Hall–Kier alpha value is -2.58. The molecule has 1 heterocycles. The minimum absolute atomic E-state index is 0.151. The normalized spacial score (nSPS) is 10.8. The van der Waals surface area contributed by atoms with Crippen molar-refractivity contribution < 1.29 is 18.6 Å². The van der Waals surface area contributed by atoms with Crippen molar-refractivity contribution in [3.05, 3.63) is 60.2 Å². The molecule has 0 unspecified atom stereocenters. The molecule has 0 bridgehead atoms. The molecule has 0 radical (unpaired) electrons. The van der Waals surface area contributed by atoms with Crippen LogP contribution in [0.4, 0.5) is 4.39 Å². The topological polar surface area (TPSA) is 58.4 Å². The van der Waals surface area contributed by atoms with Crippen molar-refractivity contribution in [2.45, 2.75) is 11.8 Å². The molecule has 3 aromatic rings. The van der Waals surface area contributed by atoms with Crippen LogP contribution in [0.5, 0.6) is 11.5 Å². The molecule has 2 aromatic carbocycles. The van der Waals surface area contributed by atoms with Crippen LogP contribution in [0.25, 0.3) is 5.69 Å². The second-order valence-corrected chi connectivity index (χ2v) is 6.55. The van der Waals surface area contributed by atoms with Gasteiger partial charge in [0.2, 0.25) is 0 Å². The number of para-hydroxylation sites is 1. The molecule has 0 N–H and O–H groups in total. The third-order valence-electron chi connectivity index (χ3n) is 3.74. The van der Waals surface area contributed by atoms with Crippen LogP contribution >= 0.6 is 11.8 Å². The fourth-order valence-corrected chi connectivity index (χ4v) is 3.26. The van der Waals surface area contributed by atoms with Gasteiger partial charge in [-0.05, 0) is 36.4 Å². The lowest BCUT2D eigenvalue weighted by molar-refractivity contribution is 0.218. The van der Waals surface area contributed by atoms with E-state index in [4.69, 9.17) is 14.2 Å². The Balaban J connectivity index is 1.84. The smallest absolute Gasteiger partial charge is 0.196 e. The maximum atomic E-state index is 14.4. The van der Waals surface area contributed by atoms with E-state index >= 15 is 0 Å². The number of benzene rings is 2. The number of halogens is 1. The van der Waals surface area contributed by atoms with Crippen LogP contribution in [0.2, 0.25) is 0 Å². The van der Waals surface area contributed by atoms with Crippen LogP contribution < -0.4 is 9.47 Å². The van der Waals surface area contributed by atoms with Crippen LogP contribution in [-0.4, -0.2) is 41.3 Å². The van der Waals surface area contributed by atoms with E-state index in [1.54, 1.807) is 49.1 Å². The predicted molar refractivity (Wildman–Crippen MR) is 101 cm³/mol. The molecule has 0 aliphatic rings. The zero-order valence-corrected chi connectivity index (χ0v) is 15.9. The van der Waals surface area contributed by atoms with E-state index in [1.807, 2.05) is 12.1 Å². The molecule has 0 saturated heterocycles. The first-order valence-corrected chi connectivity index (χ1v) is 9.29.